The molecule has 0 aliphatic rings. The molecule has 0 fully saturated rings. The molecule has 2 aromatic heterocycles. The number of aliphatic imine (C=N–C) groups is 1. The van der Waals surface area contributed by atoms with E-state index in [0.29, 0.717) is 13.1 Å². The predicted octanol–water partition coefficient (Wildman–Crippen LogP) is 2.71. The second kappa shape index (κ2) is 9.12. The van der Waals surface area contributed by atoms with Crippen LogP contribution in [0.4, 0.5) is 0 Å². The fourth-order valence-electron chi connectivity index (χ4n) is 2.78. The van der Waals surface area contributed by atoms with Gasteiger partial charge >= 0.3 is 0 Å². The summed E-state index contributed by atoms with van der Waals surface area (Å²) < 4.78 is 1.98. The van der Waals surface area contributed by atoms with Crippen LogP contribution >= 0.6 is 0 Å². The second-order valence-corrected chi connectivity index (χ2v) is 6.51. The lowest BCUT2D eigenvalue weighted by Gasteiger charge is -2.12. The van der Waals surface area contributed by atoms with Gasteiger partial charge in [0, 0.05) is 25.2 Å². The first kappa shape index (κ1) is 18.8. The quantitative estimate of drug-likeness (QED) is 0.382. The van der Waals surface area contributed by atoms with Crippen molar-refractivity contribution in [3.63, 3.8) is 0 Å². The van der Waals surface area contributed by atoms with Crippen molar-refractivity contribution < 1.29 is 0 Å². The van der Waals surface area contributed by atoms with E-state index in [1.165, 1.54) is 0 Å². The summed E-state index contributed by atoms with van der Waals surface area (Å²) in [6.45, 7) is 6.17. The van der Waals surface area contributed by atoms with E-state index in [-0.39, 0.29) is 0 Å². The van der Waals surface area contributed by atoms with Crippen LogP contribution in [-0.4, -0.2) is 32.3 Å². The van der Waals surface area contributed by atoms with Crippen molar-refractivity contribution in [1.29, 1.82) is 0 Å². The smallest absolute Gasteiger partial charge is 0.191 e. The van der Waals surface area contributed by atoms with E-state index in [1.807, 2.05) is 49.0 Å². The summed E-state index contributed by atoms with van der Waals surface area (Å²) in [6.07, 6.45) is 4.08. The van der Waals surface area contributed by atoms with Crippen LogP contribution in [0.1, 0.15) is 37.0 Å². The number of aromatic nitrogens is 4. The Morgan fingerprint density at radius 2 is 2.00 bits per heavy atom. The molecule has 3 aromatic rings. The average Bonchev–Trinajstić information content (AvgIpc) is 3.02. The van der Waals surface area contributed by atoms with Crippen molar-refractivity contribution in [2.24, 2.45) is 12.0 Å². The van der Waals surface area contributed by atoms with Crippen LogP contribution in [0.3, 0.4) is 0 Å². The van der Waals surface area contributed by atoms with Gasteiger partial charge in [-0.2, -0.15) is 0 Å². The Bertz CT molecular complexity index is 908. The topological polar surface area (TPSA) is 80.0 Å². The molecular weight excluding hydrogens is 338 g/mol. The maximum atomic E-state index is 4.78. The van der Waals surface area contributed by atoms with Gasteiger partial charge in [-0.05, 0) is 31.0 Å². The Morgan fingerprint density at radius 3 is 2.78 bits per heavy atom. The SMILES string of the molecule is CCCCNC(=NCc1ccnc2ccccc12)NCc1nnc(C)n1C. The lowest BCUT2D eigenvalue weighted by atomic mass is 10.1. The third-order valence-corrected chi connectivity index (χ3v) is 4.57. The molecular formula is C20H27N7. The number of hydrogen-bond acceptors (Lipinski definition) is 4. The number of para-hydroxylation sites is 1. The average molecular weight is 365 g/mol. The summed E-state index contributed by atoms with van der Waals surface area (Å²) in [5.74, 6) is 2.56. The molecule has 0 spiro atoms. The summed E-state index contributed by atoms with van der Waals surface area (Å²) in [7, 11) is 1.97. The first-order chi connectivity index (χ1) is 13.2. The molecule has 7 heteroatoms. The minimum Gasteiger partial charge on any atom is -0.356 e. The Balaban J connectivity index is 1.73. The molecule has 2 heterocycles. The zero-order valence-corrected chi connectivity index (χ0v) is 16.2. The number of nitrogens with one attached hydrogen (secondary N) is 2. The first-order valence-electron chi connectivity index (χ1n) is 9.38. The van der Waals surface area contributed by atoms with Crippen LogP contribution < -0.4 is 10.6 Å². The molecule has 0 saturated carbocycles. The maximum absolute atomic E-state index is 4.78. The third-order valence-electron chi connectivity index (χ3n) is 4.57. The lowest BCUT2D eigenvalue weighted by molar-refractivity contribution is 0.695. The summed E-state index contributed by atoms with van der Waals surface area (Å²) >= 11 is 0. The summed E-state index contributed by atoms with van der Waals surface area (Å²) in [5, 5.41) is 16.2. The Hall–Kier alpha value is -2.96. The second-order valence-electron chi connectivity index (χ2n) is 6.51. The van der Waals surface area contributed by atoms with Gasteiger partial charge in [-0.3, -0.25) is 4.98 Å². The number of hydrogen-bond donors (Lipinski definition) is 2. The molecule has 7 nitrogen and oxygen atoms in total. The van der Waals surface area contributed by atoms with Crippen LogP contribution in [0.15, 0.2) is 41.5 Å². The highest BCUT2D eigenvalue weighted by molar-refractivity contribution is 5.83. The molecule has 1 aromatic carbocycles. The van der Waals surface area contributed by atoms with Gasteiger partial charge in [-0.15, -0.1) is 10.2 Å². The van der Waals surface area contributed by atoms with Gasteiger partial charge in [0.1, 0.15) is 5.82 Å². The van der Waals surface area contributed by atoms with Gasteiger partial charge in [0.15, 0.2) is 11.8 Å². The summed E-state index contributed by atoms with van der Waals surface area (Å²) in [6, 6.07) is 10.2. The molecule has 27 heavy (non-hydrogen) atoms. The van der Waals surface area contributed by atoms with Crippen LogP contribution in [0.2, 0.25) is 0 Å². The van der Waals surface area contributed by atoms with Crippen molar-refractivity contribution in [3.05, 3.63) is 53.7 Å². The molecule has 0 saturated heterocycles. The number of nitrogens with zero attached hydrogens (tertiary/aromatic N) is 5. The van der Waals surface area contributed by atoms with Gasteiger partial charge in [-0.1, -0.05) is 31.5 Å². The van der Waals surface area contributed by atoms with Gasteiger partial charge < -0.3 is 15.2 Å². The first-order valence-corrected chi connectivity index (χ1v) is 9.38. The molecule has 0 radical (unpaired) electrons. The zero-order chi connectivity index (χ0) is 19.1. The van der Waals surface area contributed by atoms with Crippen LogP contribution in [0, 0.1) is 6.92 Å². The molecule has 0 atom stereocenters. The van der Waals surface area contributed by atoms with E-state index in [2.05, 4.69) is 38.8 Å². The van der Waals surface area contributed by atoms with Crippen molar-refractivity contribution in [2.45, 2.75) is 39.8 Å². The molecule has 2 N–H and O–H groups in total. The molecule has 142 valence electrons. The minimum atomic E-state index is 0.576. The normalized spacial score (nSPS) is 11.7. The highest BCUT2D eigenvalue weighted by atomic mass is 15.3. The highest BCUT2D eigenvalue weighted by Gasteiger charge is 2.07. The molecule has 0 aliphatic heterocycles. The number of aryl methyl sites for hydroxylation is 1. The van der Waals surface area contributed by atoms with E-state index < -0.39 is 0 Å². The van der Waals surface area contributed by atoms with Crippen molar-refractivity contribution in [2.75, 3.05) is 6.54 Å². The number of benzene rings is 1. The molecule has 0 bridgehead atoms. The summed E-state index contributed by atoms with van der Waals surface area (Å²) in [4.78, 5) is 9.20. The predicted molar refractivity (Wildman–Crippen MR) is 108 cm³/mol. The van der Waals surface area contributed by atoms with Crippen LogP contribution in [-0.2, 0) is 20.1 Å². The van der Waals surface area contributed by atoms with E-state index in [9.17, 15) is 0 Å². The Morgan fingerprint density at radius 1 is 1.15 bits per heavy atom. The van der Waals surface area contributed by atoms with Crippen LogP contribution in [0.25, 0.3) is 10.9 Å². The fraction of sp³-hybridized carbons (Fsp3) is 0.400. The highest BCUT2D eigenvalue weighted by Crippen LogP contribution is 2.16. The lowest BCUT2D eigenvalue weighted by Crippen LogP contribution is -2.38. The zero-order valence-electron chi connectivity index (χ0n) is 16.2. The maximum Gasteiger partial charge on any atom is 0.191 e. The van der Waals surface area contributed by atoms with Crippen molar-refractivity contribution in [1.82, 2.24) is 30.4 Å². The molecule has 0 unspecified atom stereocenters. The number of unbranched alkanes of at least 4 members (excludes halogenated alkanes) is 1. The fourth-order valence-corrected chi connectivity index (χ4v) is 2.78. The number of rotatable bonds is 7. The monoisotopic (exact) mass is 365 g/mol. The molecule has 3 rings (SSSR count). The number of pyridine rings is 1. The van der Waals surface area contributed by atoms with Crippen LogP contribution in [0.5, 0.6) is 0 Å². The van der Waals surface area contributed by atoms with E-state index in [0.717, 1.165) is 53.5 Å². The van der Waals surface area contributed by atoms with E-state index in [1.54, 1.807) is 0 Å². The van der Waals surface area contributed by atoms with E-state index >= 15 is 0 Å². The van der Waals surface area contributed by atoms with E-state index in [4.69, 9.17) is 4.99 Å². The Labute approximate surface area is 159 Å². The van der Waals surface area contributed by atoms with Crippen molar-refractivity contribution in [3.8, 4) is 0 Å². The standard InChI is InChI=1S/C20H27N7/c1-4-5-11-22-20(24-14-19-26-25-15(2)27(19)3)23-13-16-10-12-21-18-9-7-6-8-17(16)18/h6-10,12H,4-5,11,13-14H2,1-3H3,(H2,22,23,24). The largest absolute Gasteiger partial charge is 0.356 e. The summed E-state index contributed by atoms with van der Waals surface area (Å²) in [5.41, 5.74) is 2.15. The molecule has 0 amide bonds. The number of fused-ring (bicyclic) bond motifs is 1. The van der Waals surface area contributed by atoms with Crippen molar-refractivity contribution >= 4 is 16.9 Å². The van der Waals surface area contributed by atoms with Gasteiger partial charge in [0.2, 0.25) is 0 Å². The Kier molecular flexibility index (Phi) is 6.35. The van der Waals surface area contributed by atoms with Gasteiger partial charge in [0.05, 0.1) is 18.6 Å². The number of guanidine groups is 1. The minimum absolute atomic E-state index is 0.576. The molecule has 0 aliphatic carbocycles. The third kappa shape index (κ3) is 4.81. The van der Waals surface area contributed by atoms with Gasteiger partial charge in [0.25, 0.3) is 0 Å². The van der Waals surface area contributed by atoms with Gasteiger partial charge in [-0.25, -0.2) is 4.99 Å².